The number of furan rings is 1. The van der Waals surface area contributed by atoms with Crippen LogP contribution in [-0.2, 0) is 0 Å². The molecule has 0 atom stereocenters. The molecule has 3 aromatic rings. The Kier molecular flexibility index (Phi) is 3.06. The molecule has 0 aliphatic carbocycles. The van der Waals surface area contributed by atoms with Crippen LogP contribution in [0.3, 0.4) is 0 Å². The lowest BCUT2D eigenvalue weighted by atomic mass is 10.1. The molecule has 0 saturated carbocycles. The van der Waals surface area contributed by atoms with Crippen molar-refractivity contribution in [2.75, 3.05) is 0 Å². The zero-order valence-electron chi connectivity index (χ0n) is 9.74. The summed E-state index contributed by atoms with van der Waals surface area (Å²) in [6.45, 7) is 0. The molecule has 0 aliphatic heterocycles. The van der Waals surface area contributed by atoms with Crippen LogP contribution in [0.4, 0.5) is 0 Å². The molecule has 0 fully saturated rings. The van der Waals surface area contributed by atoms with Gasteiger partial charge < -0.3 is 23.8 Å². The minimum absolute atomic E-state index is 0.481. The lowest BCUT2D eigenvalue weighted by Gasteiger charge is -2.00. The predicted molar refractivity (Wildman–Crippen MR) is 70.9 cm³/mol. The second kappa shape index (κ2) is 4.87. The molecule has 19 heavy (non-hydrogen) atoms. The average molecular weight is 254 g/mol. The van der Waals surface area contributed by atoms with Crippen molar-refractivity contribution < 1.29 is 23.8 Å². The van der Waals surface area contributed by atoms with Gasteiger partial charge in [-0.3, -0.25) is 0 Å². The van der Waals surface area contributed by atoms with Gasteiger partial charge in [-0.2, -0.15) is 0 Å². The van der Waals surface area contributed by atoms with Crippen LogP contribution < -0.4 is 9.31 Å². The molecule has 3 rings (SSSR count). The fourth-order valence-corrected chi connectivity index (χ4v) is 2.01. The van der Waals surface area contributed by atoms with Crippen molar-refractivity contribution in [1.29, 1.82) is 0 Å². The minimum Gasteiger partial charge on any atom is -0.537 e. The van der Waals surface area contributed by atoms with E-state index in [0.717, 1.165) is 10.8 Å². The Balaban J connectivity index is 2.14. The summed E-state index contributed by atoms with van der Waals surface area (Å²) in [6, 6.07) is 10.5. The molecule has 0 spiro atoms. The van der Waals surface area contributed by atoms with Gasteiger partial charge in [0.1, 0.15) is 22.7 Å². The topological polar surface area (TPSA) is 72.1 Å². The van der Waals surface area contributed by atoms with E-state index in [0.29, 0.717) is 38.0 Å². The van der Waals surface area contributed by atoms with Crippen LogP contribution in [0.1, 0.15) is 0 Å². The molecule has 2 N–H and O–H groups in total. The van der Waals surface area contributed by atoms with Gasteiger partial charge in [-0.1, -0.05) is 0 Å². The highest BCUT2D eigenvalue weighted by molar-refractivity contribution is 6.18. The van der Waals surface area contributed by atoms with Crippen LogP contribution in [0, 0.1) is 0 Å². The monoisotopic (exact) mass is 254 g/mol. The maximum absolute atomic E-state index is 8.61. The fourth-order valence-electron chi connectivity index (χ4n) is 2.01. The Hall–Kier alpha value is -2.11. The van der Waals surface area contributed by atoms with Crippen LogP contribution in [0.5, 0.6) is 11.5 Å². The van der Waals surface area contributed by atoms with Gasteiger partial charge in [0.25, 0.3) is 0 Å². The second-order valence-electron chi connectivity index (χ2n) is 3.86. The summed E-state index contributed by atoms with van der Waals surface area (Å²) in [7, 11) is 1.24. The lowest BCUT2D eigenvalue weighted by molar-refractivity contribution is 0.453. The first kappa shape index (κ1) is 12.0. The molecule has 0 saturated heterocycles. The van der Waals surface area contributed by atoms with E-state index in [2.05, 4.69) is 0 Å². The number of benzene rings is 2. The Bertz CT molecular complexity index is 664. The first-order valence-corrected chi connectivity index (χ1v) is 5.53. The van der Waals surface area contributed by atoms with E-state index in [4.69, 9.17) is 23.8 Å². The minimum atomic E-state index is 0.481. The third-order valence-corrected chi connectivity index (χ3v) is 2.79. The van der Waals surface area contributed by atoms with Gasteiger partial charge in [0.2, 0.25) is 0 Å². The van der Waals surface area contributed by atoms with Crippen molar-refractivity contribution in [3.05, 3.63) is 36.4 Å². The van der Waals surface area contributed by atoms with Crippen molar-refractivity contribution in [3.8, 4) is 11.5 Å². The molecular weight excluding hydrogens is 246 g/mol. The van der Waals surface area contributed by atoms with Crippen LogP contribution in [-0.4, -0.2) is 25.4 Å². The maximum atomic E-state index is 8.61. The van der Waals surface area contributed by atoms with Gasteiger partial charge >= 0.3 is 15.4 Å². The molecule has 0 unspecified atom stereocenters. The van der Waals surface area contributed by atoms with E-state index in [-0.39, 0.29) is 0 Å². The zero-order chi connectivity index (χ0) is 13.2. The van der Waals surface area contributed by atoms with E-state index in [9.17, 15) is 0 Å². The van der Waals surface area contributed by atoms with E-state index in [1.54, 1.807) is 24.3 Å². The molecule has 1 aromatic heterocycles. The molecule has 5 nitrogen and oxygen atoms in total. The number of fused-ring (bicyclic) bond motifs is 3. The summed E-state index contributed by atoms with van der Waals surface area (Å²) < 4.78 is 15.4. The number of rotatable bonds is 4. The van der Waals surface area contributed by atoms with Crippen LogP contribution in [0.15, 0.2) is 40.8 Å². The largest absolute Gasteiger partial charge is 0.569 e. The van der Waals surface area contributed by atoms with E-state index in [1.165, 1.54) is 0 Å². The predicted octanol–water partition coefficient (Wildman–Crippen LogP) is 1.40. The van der Waals surface area contributed by atoms with E-state index >= 15 is 0 Å². The third kappa shape index (κ3) is 2.14. The zero-order valence-corrected chi connectivity index (χ0v) is 9.74. The highest BCUT2D eigenvalue weighted by Crippen LogP contribution is 2.33. The molecule has 0 bridgehead atoms. The third-order valence-electron chi connectivity index (χ3n) is 2.79. The van der Waals surface area contributed by atoms with Gasteiger partial charge in [-0.25, -0.2) is 0 Å². The molecule has 2 aromatic carbocycles. The summed E-state index contributed by atoms with van der Waals surface area (Å²) in [6.07, 6.45) is 0. The summed E-state index contributed by atoms with van der Waals surface area (Å²) in [5.74, 6) is 0.962. The van der Waals surface area contributed by atoms with E-state index in [1.807, 2.05) is 12.1 Å². The average Bonchev–Trinajstić information content (AvgIpc) is 2.76. The maximum Gasteiger partial charge on any atom is 0.569 e. The Morgan fingerprint density at radius 3 is 1.68 bits per heavy atom. The molecular formula is C12H8B2O5. The Morgan fingerprint density at radius 2 is 1.26 bits per heavy atom. The molecule has 0 aliphatic rings. The molecule has 7 heteroatoms. The highest BCUT2D eigenvalue weighted by atomic mass is 16.5. The quantitative estimate of drug-likeness (QED) is 0.688. The van der Waals surface area contributed by atoms with Crippen molar-refractivity contribution in [2.24, 2.45) is 0 Å². The standard InChI is InChI=1S/C12H8B2O5/c15-13-18-7-1-3-9-10-4-2-8(19-14-16)6-12(10)17-11(9)5-7/h1-6,15-16H. The van der Waals surface area contributed by atoms with Crippen molar-refractivity contribution in [1.82, 2.24) is 0 Å². The van der Waals surface area contributed by atoms with Crippen LogP contribution >= 0.6 is 0 Å². The normalized spacial score (nSPS) is 10.6. The summed E-state index contributed by atoms with van der Waals surface area (Å²) >= 11 is 0. The van der Waals surface area contributed by atoms with Gasteiger partial charge in [0.15, 0.2) is 0 Å². The van der Waals surface area contributed by atoms with Gasteiger partial charge in [-0.05, 0) is 24.3 Å². The van der Waals surface area contributed by atoms with Crippen LogP contribution in [0.25, 0.3) is 21.9 Å². The van der Waals surface area contributed by atoms with Crippen LogP contribution in [0.2, 0.25) is 0 Å². The molecule has 92 valence electrons. The van der Waals surface area contributed by atoms with Gasteiger partial charge in [-0.15, -0.1) is 0 Å². The smallest absolute Gasteiger partial charge is 0.537 e. The molecule has 2 radical (unpaired) electrons. The van der Waals surface area contributed by atoms with Crippen molar-refractivity contribution in [2.45, 2.75) is 0 Å². The summed E-state index contributed by atoms with van der Waals surface area (Å²) in [4.78, 5) is 0. The van der Waals surface area contributed by atoms with Gasteiger partial charge in [0, 0.05) is 22.9 Å². The first-order chi connectivity index (χ1) is 9.31. The summed E-state index contributed by atoms with van der Waals surface area (Å²) in [5, 5.41) is 19.1. The van der Waals surface area contributed by atoms with Gasteiger partial charge in [0.05, 0.1) is 0 Å². The SMILES string of the molecule is O[B]Oc1ccc2c(c1)oc1cc(O[B]O)ccc12. The lowest BCUT2D eigenvalue weighted by Crippen LogP contribution is -1.99. The van der Waals surface area contributed by atoms with E-state index < -0.39 is 0 Å². The molecule has 1 heterocycles. The number of hydrogen-bond acceptors (Lipinski definition) is 5. The van der Waals surface area contributed by atoms with Crippen molar-refractivity contribution >= 4 is 37.3 Å². The summed E-state index contributed by atoms with van der Waals surface area (Å²) in [5.41, 5.74) is 1.28. The Morgan fingerprint density at radius 1 is 0.789 bits per heavy atom. The second-order valence-corrected chi connectivity index (χ2v) is 3.86. The first-order valence-electron chi connectivity index (χ1n) is 5.53. The Labute approximate surface area is 110 Å². The highest BCUT2D eigenvalue weighted by Gasteiger charge is 2.09. The van der Waals surface area contributed by atoms with Crippen molar-refractivity contribution in [3.63, 3.8) is 0 Å². The number of hydrogen-bond donors (Lipinski definition) is 2. The fraction of sp³-hybridized carbons (Fsp3) is 0. The molecule has 0 amide bonds.